The topological polar surface area (TPSA) is 48.2 Å². The Morgan fingerprint density at radius 1 is 0.900 bits per heavy atom. The molecule has 0 bridgehead atoms. The van der Waals surface area contributed by atoms with Gasteiger partial charge in [0.2, 0.25) is 5.88 Å². The molecule has 0 amide bonds. The van der Waals surface area contributed by atoms with E-state index in [9.17, 15) is 0 Å². The van der Waals surface area contributed by atoms with E-state index in [1.807, 2.05) is 29.5 Å². The van der Waals surface area contributed by atoms with E-state index in [0.717, 1.165) is 41.3 Å². The summed E-state index contributed by atoms with van der Waals surface area (Å²) in [7, 11) is 0. The lowest BCUT2D eigenvalue weighted by Crippen LogP contribution is -1.98. The van der Waals surface area contributed by atoms with E-state index in [1.54, 1.807) is 6.20 Å². The molecule has 0 atom stereocenters. The molecule has 3 aromatic rings. The second-order valence-electron chi connectivity index (χ2n) is 7.80. The third-order valence-corrected chi connectivity index (χ3v) is 6.39. The molecular formula is C25H34N2O2S. The van der Waals surface area contributed by atoms with E-state index in [-0.39, 0.29) is 0 Å². The summed E-state index contributed by atoms with van der Waals surface area (Å²) in [6.45, 7) is 5.19. The molecule has 0 fully saturated rings. The molecule has 0 aromatic carbocycles. The second-order valence-corrected chi connectivity index (χ2v) is 8.97. The smallest absolute Gasteiger partial charge is 0.213 e. The van der Waals surface area contributed by atoms with Crippen LogP contribution in [0, 0.1) is 0 Å². The average molecular weight is 427 g/mol. The number of aromatic nitrogens is 2. The summed E-state index contributed by atoms with van der Waals surface area (Å²) >= 11 is 1.82. The molecular weight excluding hydrogens is 392 g/mol. The zero-order valence-corrected chi connectivity index (χ0v) is 19.2. The van der Waals surface area contributed by atoms with Gasteiger partial charge in [-0.1, -0.05) is 63.9 Å². The van der Waals surface area contributed by atoms with E-state index in [0.29, 0.717) is 5.88 Å². The van der Waals surface area contributed by atoms with Gasteiger partial charge in [0.15, 0.2) is 5.76 Å². The molecule has 0 N–H and O–H groups in total. The molecule has 0 aliphatic rings. The largest absolute Gasteiger partial charge is 0.478 e. The third-order valence-electron chi connectivity index (χ3n) is 5.22. The molecule has 30 heavy (non-hydrogen) atoms. The van der Waals surface area contributed by atoms with E-state index < -0.39 is 0 Å². The molecule has 3 rings (SSSR count). The number of unbranched alkanes of at least 4 members (excludes halogenated alkanes) is 7. The van der Waals surface area contributed by atoms with Crippen molar-refractivity contribution in [3.8, 4) is 27.8 Å². The second kappa shape index (κ2) is 12.5. The maximum Gasteiger partial charge on any atom is 0.213 e. The first-order valence-corrected chi connectivity index (χ1v) is 12.3. The normalized spacial score (nSPS) is 11.1. The van der Waals surface area contributed by atoms with Crippen molar-refractivity contribution in [3.05, 3.63) is 41.4 Å². The Labute approximate surface area is 184 Å². The first kappa shape index (κ1) is 22.5. The van der Waals surface area contributed by atoms with E-state index in [1.165, 1.54) is 56.2 Å². The third kappa shape index (κ3) is 6.98. The van der Waals surface area contributed by atoms with Gasteiger partial charge in [-0.25, -0.2) is 4.98 Å². The molecule has 0 radical (unpaired) electrons. The zero-order chi connectivity index (χ0) is 21.0. The van der Waals surface area contributed by atoms with Gasteiger partial charge < -0.3 is 9.26 Å². The van der Waals surface area contributed by atoms with Crippen molar-refractivity contribution in [3.63, 3.8) is 0 Å². The van der Waals surface area contributed by atoms with Crippen molar-refractivity contribution in [2.24, 2.45) is 0 Å². The van der Waals surface area contributed by atoms with Gasteiger partial charge in [-0.2, -0.15) is 0 Å². The monoisotopic (exact) mass is 426 g/mol. The van der Waals surface area contributed by atoms with Crippen LogP contribution in [0.25, 0.3) is 21.9 Å². The highest BCUT2D eigenvalue weighted by Crippen LogP contribution is 2.31. The van der Waals surface area contributed by atoms with Gasteiger partial charge in [-0.05, 0) is 37.5 Å². The molecule has 3 heterocycles. The zero-order valence-electron chi connectivity index (χ0n) is 18.4. The number of hydrogen-bond donors (Lipinski definition) is 0. The number of hydrogen-bond acceptors (Lipinski definition) is 5. The maximum atomic E-state index is 5.72. The minimum absolute atomic E-state index is 0.664. The Hall–Kier alpha value is -2.14. The van der Waals surface area contributed by atoms with Crippen LogP contribution in [-0.2, 0) is 6.42 Å². The van der Waals surface area contributed by atoms with Crippen LogP contribution in [0.3, 0.4) is 0 Å². The van der Waals surface area contributed by atoms with Crippen LogP contribution < -0.4 is 4.74 Å². The predicted molar refractivity (Wildman–Crippen MR) is 125 cm³/mol. The Balaban J connectivity index is 1.51. The van der Waals surface area contributed by atoms with Gasteiger partial charge >= 0.3 is 0 Å². The van der Waals surface area contributed by atoms with Gasteiger partial charge in [0, 0.05) is 28.8 Å². The van der Waals surface area contributed by atoms with E-state index >= 15 is 0 Å². The average Bonchev–Trinajstić information content (AvgIpc) is 3.44. The van der Waals surface area contributed by atoms with Crippen molar-refractivity contribution >= 4 is 11.3 Å². The fourth-order valence-corrected chi connectivity index (χ4v) is 4.40. The number of thiophene rings is 1. The Morgan fingerprint density at radius 3 is 2.47 bits per heavy atom. The number of ether oxygens (including phenoxy) is 1. The lowest BCUT2D eigenvalue weighted by Gasteiger charge is -2.05. The molecule has 0 saturated carbocycles. The van der Waals surface area contributed by atoms with Crippen molar-refractivity contribution in [2.75, 3.05) is 6.61 Å². The van der Waals surface area contributed by atoms with Crippen molar-refractivity contribution in [1.82, 2.24) is 10.1 Å². The lowest BCUT2D eigenvalue weighted by atomic mass is 10.1. The first-order valence-electron chi connectivity index (χ1n) is 11.4. The van der Waals surface area contributed by atoms with Crippen molar-refractivity contribution < 1.29 is 9.26 Å². The minimum Gasteiger partial charge on any atom is -0.478 e. The van der Waals surface area contributed by atoms with Gasteiger partial charge in [0.25, 0.3) is 0 Å². The van der Waals surface area contributed by atoms with Crippen LogP contribution in [0.5, 0.6) is 5.88 Å². The quantitative estimate of drug-likeness (QED) is 0.245. The van der Waals surface area contributed by atoms with Crippen LogP contribution in [0.1, 0.15) is 76.5 Å². The Morgan fingerprint density at radius 2 is 1.70 bits per heavy atom. The minimum atomic E-state index is 0.664. The Bertz CT molecular complexity index is 854. The summed E-state index contributed by atoms with van der Waals surface area (Å²) in [6, 6.07) is 10.3. The number of aryl methyl sites for hydroxylation is 1. The van der Waals surface area contributed by atoms with Crippen molar-refractivity contribution in [2.45, 2.75) is 78.1 Å². The van der Waals surface area contributed by atoms with E-state index in [4.69, 9.17) is 9.26 Å². The van der Waals surface area contributed by atoms with Gasteiger partial charge in [-0.3, -0.25) is 0 Å². The number of rotatable bonds is 14. The maximum absolute atomic E-state index is 5.72. The van der Waals surface area contributed by atoms with Crippen LogP contribution in [0.4, 0.5) is 0 Å². The molecule has 5 heteroatoms. The van der Waals surface area contributed by atoms with Gasteiger partial charge in [0.05, 0.1) is 11.5 Å². The summed E-state index contributed by atoms with van der Waals surface area (Å²) < 4.78 is 11.3. The van der Waals surface area contributed by atoms with E-state index in [2.05, 4.69) is 36.1 Å². The molecule has 0 aliphatic carbocycles. The Kier molecular flexibility index (Phi) is 9.42. The molecule has 162 valence electrons. The van der Waals surface area contributed by atoms with Crippen LogP contribution >= 0.6 is 11.3 Å². The molecule has 0 unspecified atom stereocenters. The molecule has 4 nitrogen and oxygen atoms in total. The highest BCUT2D eigenvalue weighted by Gasteiger charge is 2.11. The fraction of sp³-hybridized carbons (Fsp3) is 0.520. The molecule has 0 spiro atoms. The summed E-state index contributed by atoms with van der Waals surface area (Å²) in [4.78, 5) is 6.99. The summed E-state index contributed by atoms with van der Waals surface area (Å²) in [5.41, 5.74) is 1.81. The molecule has 3 aromatic heterocycles. The van der Waals surface area contributed by atoms with Gasteiger partial charge in [0.1, 0.15) is 5.69 Å². The van der Waals surface area contributed by atoms with Crippen LogP contribution in [0.15, 0.2) is 41.1 Å². The first-order chi connectivity index (χ1) is 14.8. The predicted octanol–water partition coefficient (Wildman–Crippen LogP) is 7.94. The highest BCUT2D eigenvalue weighted by atomic mass is 32.1. The van der Waals surface area contributed by atoms with Crippen LogP contribution in [0.2, 0.25) is 0 Å². The van der Waals surface area contributed by atoms with Gasteiger partial charge in [-0.15, -0.1) is 11.3 Å². The SMILES string of the molecule is CCCCCCCc1ccc(-c2cc(-c3ccc(OCCCCCC)nc3)on2)s1. The molecule has 0 saturated heterocycles. The summed E-state index contributed by atoms with van der Waals surface area (Å²) in [5, 5.41) is 4.27. The number of nitrogens with zero attached hydrogens (tertiary/aromatic N) is 2. The molecule has 0 aliphatic heterocycles. The summed E-state index contributed by atoms with van der Waals surface area (Å²) in [5.74, 6) is 1.40. The standard InChI is InChI=1S/C25H34N2O2S/c1-3-5-7-9-10-12-21-14-15-24(30-21)22-18-23(29-27-22)20-13-16-25(26-19-20)28-17-11-8-6-4-2/h13-16,18-19H,3-12,17H2,1-2H3. The van der Waals surface area contributed by atoms with Crippen molar-refractivity contribution in [1.29, 1.82) is 0 Å². The lowest BCUT2D eigenvalue weighted by molar-refractivity contribution is 0.294. The summed E-state index contributed by atoms with van der Waals surface area (Å²) in [6.07, 6.45) is 14.3. The highest BCUT2D eigenvalue weighted by molar-refractivity contribution is 7.15. The fourth-order valence-electron chi connectivity index (χ4n) is 3.40. The number of pyridine rings is 1. The van der Waals surface area contributed by atoms with Crippen LogP contribution in [-0.4, -0.2) is 16.7 Å².